The van der Waals surface area contributed by atoms with Gasteiger partial charge in [-0.3, -0.25) is 4.79 Å². The molecule has 102 valence electrons. The number of aryl methyl sites for hydroxylation is 1. The molecule has 1 amide bonds. The molecule has 0 saturated heterocycles. The summed E-state index contributed by atoms with van der Waals surface area (Å²) in [6.07, 6.45) is 0.280. The van der Waals surface area contributed by atoms with E-state index in [0.717, 1.165) is 5.56 Å². The van der Waals surface area contributed by atoms with Crippen LogP contribution in [0.4, 0.5) is 5.69 Å². The molecule has 1 N–H and O–H groups in total. The second-order valence-corrected chi connectivity index (χ2v) is 4.53. The van der Waals surface area contributed by atoms with Gasteiger partial charge < -0.3 is 15.2 Å². The molecule has 0 saturated carbocycles. The van der Waals surface area contributed by atoms with Gasteiger partial charge >= 0.3 is 0 Å². The zero-order chi connectivity index (χ0) is 14.5. The Balaban J connectivity index is 2.06. The highest BCUT2D eigenvalue weighted by Gasteiger charge is 2.06. The Morgan fingerprint density at radius 1 is 1.10 bits per heavy atom. The molecule has 0 radical (unpaired) electrons. The van der Waals surface area contributed by atoms with E-state index in [-0.39, 0.29) is 17.9 Å². The minimum atomic E-state index is -1.23. The van der Waals surface area contributed by atoms with E-state index in [2.05, 4.69) is 5.32 Å². The van der Waals surface area contributed by atoms with Crippen LogP contribution in [0.5, 0.6) is 0 Å². The molecule has 4 heteroatoms. The lowest BCUT2D eigenvalue weighted by molar-refractivity contribution is -0.255. The van der Waals surface area contributed by atoms with Crippen molar-refractivity contribution in [2.45, 2.75) is 13.3 Å². The van der Waals surface area contributed by atoms with Crippen molar-refractivity contribution in [3.8, 4) is 0 Å². The van der Waals surface area contributed by atoms with E-state index in [0.29, 0.717) is 11.3 Å². The minimum Gasteiger partial charge on any atom is -0.545 e. The van der Waals surface area contributed by atoms with Gasteiger partial charge in [0.05, 0.1) is 12.4 Å². The lowest BCUT2D eigenvalue weighted by Gasteiger charge is -2.11. The quantitative estimate of drug-likeness (QED) is 0.914. The lowest BCUT2D eigenvalue weighted by atomic mass is 10.1. The SMILES string of the molecule is Cc1cc(C(=O)[O-])ccc1NC(=O)Cc1ccccc1. The Kier molecular flexibility index (Phi) is 4.15. The average molecular weight is 268 g/mol. The molecule has 0 aliphatic heterocycles. The highest BCUT2D eigenvalue weighted by atomic mass is 16.4. The first kappa shape index (κ1) is 13.8. The Morgan fingerprint density at radius 2 is 1.80 bits per heavy atom. The standard InChI is InChI=1S/C16H15NO3/c1-11-9-13(16(19)20)7-8-14(11)17-15(18)10-12-5-3-2-4-6-12/h2-9H,10H2,1H3,(H,17,18)(H,19,20)/p-1. The zero-order valence-corrected chi connectivity index (χ0v) is 11.1. The van der Waals surface area contributed by atoms with Crippen molar-refractivity contribution < 1.29 is 14.7 Å². The van der Waals surface area contributed by atoms with E-state index in [1.165, 1.54) is 12.1 Å². The van der Waals surface area contributed by atoms with Crippen molar-refractivity contribution in [2.75, 3.05) is 5.32 Å². The van der Waals surface area contributed by atoms with Crippen LogP contribution in [0.3, 0.4) is 0 Å². The van der Waals surface area contributed by atoms with E-state index < -0.39 is 5.97 Å². The number of amides is 1. The molecule has 0 fully saturated rings. The molecule has 0 heterocycles. The number of carbonyl (C=O) groups is 2. The third-order valence-corrected chi connectivity index (χ3v) is 2.94. The predicted molar refractivity (Wildman–Crippen MR) is 74.3 cm³/mol. The van der Waals surface area contributed by atoms with Crippen molar-refractivity contribution in [2.24, 2.45) is 0 Å². The summed E-state index contributed by atoms with van der Waals surface area (Å²) in [4.78, 5) is 22.6. The van der Waals surface area contributed by atoms with Gasteiger partial charge in [0.25, 0.3) is 0 Å². The molecule has 2 rings (SSSR count). The normalized spacial score (nSPS) is 10.1. The first-order valence-corrected chi connectivity index (χ1v) is 6.22. The van der Waals surface area contributed by atoms with Crippen LogP contribution in [-0.4, -0.2) is 11.9 Å². The number of nitrogens with one attached hydrogen (secondary N) is 1. The molecule has 2 aromatic rings. The van der Waals surface area contributed by atoms with Gasteiger partial charge in [-0.25, -0.2) is 0 Å². The van der Waals surface area contributed by atoms with Crippen LogP contribution in [0.1, 0.15) is 21.5 Å². The third-order valence-electron chi connectivity index (χ3n) is 2.94. The second kappa shape index (κ2) is 6.02. The fourth-order valence-electron chi connectivity index (χ4n) is 1.91. The monoisotopic (exact) mass is 268 g/mol. The van der Waals surface area contributed by atoms with Crippen molar-refractivity contribution in [1.29, 1.82) is 0 Å². The summed E-state index contributed by atoms with van der Waals surface area (Å²) >= 11 is 0. The fraction of sp³-hybridized carbons (Fsp3) is 0.125. The van der Waals surface area contributed by atoms with Crippen LogP contribution >= 0.6 is 0 Å². The van der Waals surface area contributed by atoms with Crippen LogP contribution in [0, 0.1) is 6.92 Å². The minimum absolute atomic E-state index is 0.101. The topological polar surface area (TPSA) is 69.2 Å². The number of aromatic carboxylic acids is 1. The first-order chi connectivity index (χ1) is 9.56. The number of hydrogen-bond donors (Lipinski definition) is 1. The van der Waals surface area contributed by atoms with Gasteiger partial charge in [0.1, 0.15) is 0 Å². The Bertz CT molecular complexity index is 635. The molecule has 0 aromatic heterocycles. The van der Waals surface area contributed by atoms with Crippen molar-refractivity contribution in [3.63, 3.8) is 0 Å². The van der Waals surface area contributed by atoms with Crippen LogP contribution in [0.25, 0.3) is 0 Å². The number of carboxylic acids is 1. The van der Waals surface area contributed by atoms with Crippen molar-refractivity contribution >= 4 is 17.6 Å². The van der Waals surface area contributed by atoms with E-state index >= 15 is 0 Å². The maximum atomic E-state index is 11.9. The molecule has 0 bridgehead atoms. The summed E-state index contributed by atoms with van der Waals surface area (Å²) in [5.74, 6) is -1.37. The largest absolute Gasteiger partial charge is 0.545 e. The van der Waals surface area contributed by atoms with Gasteiger partial charge in [-0.2, -0.15) is 0 Å². The number of carbonyl (C=O) groups excluding carboxylic acids is 2. The molecular weight excluding hydrogens is 254 g/mol. The number of anilines is 1. The zero-order valence-electron chi connectivity index (χ0n) is 11.1. The Hall–Kier alpha value is -2.62. The van der Waals surface area contributed by atoms with Crippen molar-refractivity contribution in [3.05, 3.63) is 65.2 Å². The molecular formula is C16H14NO3-. The van der Waals surface area contributed by atoms with Crippen molar-refractivity contribution in [1.82, 2.24) is 0 Å². The molecule has 0 aliphatic carbocycles. The summed E-state index contributed by atoms with van der Waals surface area (Å²) in [6.45, 7) is 1.74. The molecule has 0 unspecified atom stereocenters. The average Bonchev–Trinajstić information content (AvgIpc) is 2.42. The highest BCUT2D eigenvalue weighted by molar-refractivity contribution is 5.94. The van der Waals surface area contributed by atoms with E-state index in [4.69, 9.17) is 0 Å². The summed E-state index contributed by atoms with van der Waals surface area (Å²) in [6, 6.07) is 13.9. The van der Waals surface area contributed by atoms with E-state index in [1.807, 2.05) is 30.3 Å². The number of benzene rings is 2. The molecule has 0 spiro atoms. The van der Waals surface area contributed by atoms with Crippen LogP contribution in [-0.2, 0) is 11.2 Å². The predicted octanol–water partition coefficient (Wildman–Crippen LogP) is 1.54. The second-order valence-electron chi connectivity index (χ2n) is 4.53. The molecule has 0 aliphatic rings. The maximum Gasteiger partial charge on any atom is 0.228 e. The maximum absolute atomic E-state index is 11.9. The van der Waals surface area contributed by atoms with E-state index in [9.17, 15) is 14.7 Å². The van der Waals surface area contributed by atoms with Gasteiger partial charge in [0.2, 0.25) is 5.91 Å². The van der Waals surface area contributed by atoms with Gasteiger partial charge in [-0.05, 0) is 35.7 Å². The number of carboxylic acid groups (broad SMARTS) is 1. The number of hydrogen-bond acceptors (Lipinski definition) is 3. The smallest absolute Gasteiger partial charge is 0.228 e. The van der Waals surface area contributed by atoms with Gasteiger partial charge in [-0.1, -0.05) is 36.4 Å². The Morgan fingerprint density at radius 3 is 2.40 bits per heavy atom. The van der Waals surface area contributed by atoms with Gasteiger partial charge in [0.15, 0.2) is 0 Å². The van der Waals surface area contributed by atoms with Crippen LogP contribution in [0.2, 0.25) is 0 Å². The summed E-state index contributed by atoms with van der Waals surface area (Å²) in [5.41, 5.74) is 2.32. The van der Waals surface area contributed by atoms with E-state index in [1.54, 1.807) is 13.0 Å². The van der Waals surface area contributed by atoms with Crippen LogP contribution in [0.15, 0.2) is 48.5 Å². The summed E-state index contributed by atoms with van der Waals surface area (Å²) < 4.78 is 0. The third kappa shape index (κ3) is 3.45. The Labute approximate surface area is 117 Å². The van der Waals surface area contributed by atoms with Gasteiger partial charge in [-0.15, -0.1) is 0 Å². The number of rotatable bonds is 4. The first-order valence-electron chi connectivity index (χ1n) is 6.22. The summed E-state index contributed by atoms with van der Waals surface area (Å²) in [7, 11) is 0. The van der Waals surface area contributed by atoms with Gasteiger partial charge in [0, 0.05) is 5.69 Å². The molecule has 2 aromatic carbocycles. The molecule has 0 atom stereocenters. The lowest BCUT2D eigenvalue weighted by Crippen LogP contribution is -2.22. The summed E-state index contributed by atoms with van der Waals surface area (Å²) in [5, 5.41) is 13.5. The van der Waals surface area contributed by atoms with Crippen LogP contribution < -0.4 is 10.4 Å². The fourth-order valence-corrected chi connectivity index (χ4v) is 1.91. The molecule has 20 heavy (non-hydrogen) atoms. The molecule has 4 nitrogen and oxygen atoms in total. The highest BCUT2D eigenvalue weighted by Crippen LogP contribution is 2.16.